The minimum atomic E-state index is -0.560. The first-order valence-electron chi connectivity index (χ1n) is 8.11. The second-order valence-electron chi connectivity index (χ2n) is 6.63. The van der Waals surface area contributed by atoms with E-state index in [0.29, 0.717) is 16.6 Å². The predicted molar refractivity (Wildman–Crippen MR) is 104 cm³/mol. The highest BCUT2D eigenvalue weighted by Crippen LogP contribution is 2.35. The minimum absolute atomic E-state index is 0.0627. The van der Waals surface area contributed by atoms with Gasteiger partial charge in [0.25, 0.3) is 0 Å². The van der Waals surface area contributed by atoms with Crippen molar-refractivity contribution in [2.75, 3.05) is 11.4 Å². The highest BCUT2D eigenvalue weighted by molar-refractivity contribution is 6.34. The molecule has 0 spiro atoms. The van der Waals surface area contributed by atoms with E-state index in [1.165, 1.54) is 0 Å². The lowest BCUT2D eigenvalue weighted by Gasteiger charge is -2.44. The van der Waals surface area contributed by atoms with Crippen LogP contribution < -0.4 is 4.90 Å². The van der Waals surface area contributed by atoms with E-state index < -0.39 is 5.54 Å². The maximum absolute atomic E-state index is 13.3. The predicted octanol–water partition coefficient (Wildman–Crippen LogP) is 6.07. The summed E-state index contributed by atoms with van der Waals surface area (Å²) in [5.74, 6) is 0. The van der Waals surface area contributed by atoms with Crippen LogP contribution in [0.1, 0.15) is 26.3 Å². The van der Waals surface area contributed by atoms with Crippen LogP contribution in [0.4, 0.5) is 10.5 Å². The number of rotatable bonds is 3. The molecule has 0 unspecified atom stereocenters. The molecule has 1 aliphatic rings. The third-order valence-corrected chi connectivity index (χ3v) is 5.04. The lowest BCUT2D eigenvalue weighted by atomic mass is 9.91. The van der Waals surface area contributed by atoms with Crippen molar-refractivity contribution in [1.29, 1.82) is 0 Å². The molecule has 3 rings (SSSR count). The van der Waals surface area contributed by atoms with Gasteiger partial charge in [0.2, 0.25) is 0 Å². The van der Waals surface area contributed by atoms with Gasteiger partial charge in [-0.2, -0.15) is 0 Å². The van der Waals surface area contributed by atoms with Gasteiger partial charge >= 0.3 is 6.03 Å². The monoisotopic (exact) mass is 374 g/mol. The average molecular weight is 375 g/mol. The van der Waals surface area contributed by atoms with Crippen LogP contribution in [-0.4, -0.2) is 17.5 Å². The third-order valence-electron chi connectivity index (χ3n) is 4.60. The first-order chi connectivity index (χ1) is 11.8. The molecule has 0 fully saturated rings. The first-order valence-corrected chi connectivity index (χ1v) is 8.86. The lowest BCUT2D eigenvalue weighted by Crippen LogP contribution is -2.54. The Hall–Kier alpha value is -1.97. The molecular formula is C20H20Cl2N2O. The molecule has 130 valence electrons. The lowest BCUT2D eigenvalue weighted by molar-refractivity contribution is 0.148. The zero-order chi connectivity index (χ0) is 18.2. The molecule has 0 radical (unpaired) electrons. The zero-order valence-corrected chi connectivity index (χ0v) is 16.0. The van der Waals surface area contributed by atoms with E-state index >= 15 is 0 Å². The Morgan fingerprint density at radius 2 is 1.60 bits per heavy atom. The van der Waals surface area contributed by atoms with E-state index in [-0.39, 0.29) is 6.03 Å². The number of allylic oxidation sites excluding steroid dienone is 1. The van der Waals surface area contributed by atoms with E-state index in [9.17, 15) is 4.79 Å². The Bertz CT molecular complexity index is 811. The van der Waals surface area contributed by atoms with Gasteiger partial charge in [0, 0.05) is 22.3 Å². The van der Waals surface area contributed by atoms with E-state index in [2.05, 4.69) is 6.08 Å². The van der Waals surface area contributed by atoms with Gasteiger partial charge in [-0.15, -0.1) is 0 Å². The van der Waals surface area contributed by atoms with Crippen molar-refractivity contribution >= 4 is 34.9 Å². The van der Waals surface area contributed by atoms with E-state index in [1.807, 2.05) is 68.1 Å². The zero-order valence-electron chi connectivity index (χ0n) is 14.5. The third kappa shape index (κ3) is 3.39. The summed E-state index contributed by atoms with van der Waals surface area (Å²) in [6.07, 6.45) is 2.06. The molecular weight excluding hydrogens is 355 g/mol. The summed E-state index contributed by atoms with van der Waals surface area (Å²) < 4.78 is 0. The summed E-state index contributed by atoms with van der Waals surface area (Å²) in [4.78, 5) is 16.8. The Kier molecular flexibility index (Phi) is 4.81. The maximum Gasteiger partial charge on any atom is 0.329 e. The van der Waals surface area contributed by atoms with Crippen molar-refractivity contribution in [2.45, 2.75) is 26.3 Å². The van der Waals surface area contributed by atoms with Gasteiger partial charge < -0.3 is 4.90 Å². The van der Waals surface area contributed by atoms with Crippen LogP contribution in [-0.2, 0) is 5.54 Å². The van der Waals surface area contributed by atoms with Gasteiger partial charge in [-0.05, 0) is 62.7 Å². The highest BCUT2D eigenvalue weighted by atomic mass is 35.5. The number of nitrogens with zero attached hydrogens (tertiary/aromatic N) is 2. The second kappa shape index (κ2) is 6.74. The van der Waals surface area contributed by atoms with Crippen molar-refractivity contribution < 1.29 is 4.79 Å². The summed E-state index contributed by atoms with van der Waals surface area (Å²) >= 11 is 12.3. The molecule has 0 saturated heterocycles. The summed E-state index contributed by atoms with van der Waals surface area (Å²) in [7, 11) is 0. The van der Waals surface area contributed by atoms with Crippen LogP contribution in [0.25, 0.3) is 0 Å². The molecule has 2 aromatic carbocycles. The Morgan fingerprint density at radius 3 is 2.20 bits per heavy atom. The van der Waals surface area contributed by atoms with Crippen LogP contribution in [0.3, 0.4) is 0 Å². The number of halogens is 2. The molecule has 0 N–H and O–H groups in total. The minimum Gasteiger partial charge on any atom is -0.311 e. The molecule has 0 saturated carbocycles. The number of amides is 2. The molecule has 1 heterocycles. The van der Waals surface area contributed by atoms with Crippen molar-refractivity contribution in [3.8, 4) is 0 Å². The summed E-state index contributed by atoms with van der Waals surface area (Å²) in [6, 6.07) is 15.0. The molecule has 1 aliphatic heterocycles. The smallest absolute Gasteiger partial charge is 0.311 e. The van der Waals surface area contributed by atoms with Crippen LogP contribution in [0.5, 0.6) is 0 Å². The SMILES string of the molecule is CC1=CCN(C(C)(C)c2cc(Cl)cc(Cl)c2)C(=O)N1c1ccccc1. The Labute approximate surface area is 158 Å². The topological polar surface area (TPSA) is 23.6 Å². The number of hydrogen-bond acceptors (Lipinski definition) is 1. The largest absolute Gasteiger partial charge is 0.329 e. The highest BCUT2D eigenvalue weighted by Gasteiger charge is 2.38. The van der Waals surface area contributed by atoms with Gasteiger partial charge in [0.15, 0.2) is 0 Å². The van der Waals surface area contributed by atoms with Crippen molar-refractivity contribution in [2.24, 2.45) is 0 Å². The van der Waals surface area contributed by atoms with E-state index in [0.717, 1.165) is 16.9 Å². The number of benzene rings is 2. The molecule has 25 heavy (non-hydrogen) atoms. The second-order valence-corrected chi connectivity index (χ2v) is 7.50. The average Bonchev–Trinajstić information content (AvgIpc) is 2.54. The summed E-state index contributed by atoms with van der Waals surface area (Å²) in [6.45, 7) is 6.49. The Morgan fingerprint density at radius 1 is 1.00 bits per heavy atom. The van der Waals surface area contributed by atoms with Crippen molar-refractivity contribution in [3.05, 3.63) is 75.9 Å². The molecule has 2 aromatic rings. The maximum atomic E-state index is 13.3. The fourth-order valence-electron chi connectivity index (χ4n) is 3.09. The van der Waals surface area contributed by atoms with Crippen LogP contribution >= 0.6 is 23.2 Å². The fourth-order valence-corrected chi connectivity index (χ4v) is 3.61. The van der Waals surface area contributed by atoms with Gasteiger partial charge in [-0.3, -0.25) is 4.90 Å². The normalized spacial score (nSPS) is 15.4. The van der Waals surface area contributed by atoms with E-state index in [4.69, 9.17) is 23.2 Å². The fraction of sp³-hybridized carbons (Fsp3) is 0.250. The molecule has 0 aliphatic carbocycles. The number of anilines is 1. The van der Waals surface area contributed by atoms with Crippen molar-refractivity contribution in [3.63, 3.8) is 0 Å². The molecule has 0 atom stereocenters. The Balaban J connectivity index is 2.01. The number of hydrogen-bond donors (Lipinski definition) is 0. The van der Waals surface area contributed by atoms with Crippen LogP contribution in [0.15, 0.2) is 60.3 Å². The molecule has 0 bridgehead atoms. The summed E-state index contributed by atoms with van der Waals surface area (Å²) in [5.41, 5.74) is 2.12. The first kappa shape index (κ1) is 17.8. The van der Waals surface area contributed by atoms with Gasteiger partial charge in [0.1, 0.15) is 0 Å². The number of carbonyl (C=O) groups excluding carboxylic acids is 1. The molecule has 0 aromatic heterocycles. The van der Waals surface area contributed by atoms with Gasteiger partial charge in [-0.25, -0.2) is 4.79 Å². The van der Waals surface area contributed by atoms with Gasteiger partial charge in [-0.1, -0.05) is 41.4 Å². The van der Waals surface area contributed by atoms with Crippen LogP contribution in [0.2, 0.25) is 10.0 Å². The van der Waals surface area contributed by atoms with Crippen molar-refractivity contribution in [1.82, 2.24) is 4.90 Å². The van der Waals surface area contributed by atoms with Crippen LogP contribution in [0, 0.1) is 0 Å². The van der Waals surface area contributed by atoms with E-state index in [1.54, 1.807) is 11.0 Å². The number of carbonyl (C=O) groups is 1. The molecule has 2 amide bonds. The molecule has 5 heteroatoms. The standard InChI is InChI=1S/C20H20Cl2N2O/c1-14-9-10-23(19(25)24(14)18-7-5-4-6-8-18)20(2,3)15-11-16(21)13-17(22)12-15/h4-9,11-13H,10H2,1-3H3. The molecule has 3 nitrogen and oxygen atoms in total. The van der Waals surface area contributed by atoms with Gasteiger partial charge in [0.05, 0.1) is 11.2 Å². The quantitative estimate of drug-likeness (QED) is 0.638. The number of para-hydroxylation sites is 1. The number of urea groups is 1. The summed E-state index contributed by atoms with van der Waals surface area (Å²) in [5, 5.41) is 1.12.